The van der Waals surface area contributed by atoms with E-state index in [1.165, 1.54) is 4.90 Å². The molecular formula is C28H35F2N5O4. The number of nitrogens with one attached hydrogen (secondary N) is 1. The molecule has 9 nitrogen and oxygen atoms in total. The number of aromatic nitrogens is 2. The number of fused-ring (bicyclic) bond motifs is 2. The SMILES string of the molecule is CN(c1ccc(-c2ccc([C@@H]3CCNC(=O)C3)cc2O)nn1)[C@@H]1C[C@H]2CC(F)(F)[C@@H](C1)N2C(=O)OC(C)(C)C. The van der Waals surface area contributed by atoms with E-state index in [0.29, 0.717) is 36.5 Å². The zero-order valence-corrected chi connectivity index (χ0v) is 22.7. The summed E-state index contributed by atoms with van der Waals surface area (Å²) >= 11 is 0. The van der Waals surface area contributed by atoms with Crippen LogP contribution in [0.1, 0.15) is 64.4 Å². The van der Waals surface area contributed by atoms with Crippen LogP contribution in [0.5, 0.6) is 5.75 Å². The summed E-state index contributed by atoms with van der Waals surface area (Å²) in [5.74, 6) is -2.35. The molecule has 1 aromatic heterocycles. The van der Waals surface area contributed by atoms with Gasteiger partial charge in [-0.2, -0.15) is 0 Å². The molecule has 210 valence electrons. The molecule has 3 aliphatic rings. The van der Waals surface area contributed by atoms with Gasteiger partial charge in [-0.15, -0.1) is 10.2 Å². The molecule has 39 heavy (non-hydrogen) atoms. The van der Waals surface area contributed by atoms with Crippen LogP contribution in [0.2, 0.25) is 0 Å². The maximum absolute atomic E-state index is 14.9. The van der Waals surface area contributed by atoms with Gasteiger partial charge in [-0.05, 0) is 75.8 Å². The summed E-state index contributed by atoms with van der Waals surface area (Å²) < 4.78 is 35.2. The highest BCUT2D eigenvalue weighted by molar-refractivity contribution is 5.78. The number of alkyl halides is 2. The third kappa shape index (κ3) is 5.49. The van der Waals surface area contributed by atoms with Crippen LogP contribution in [0.3, 0.4) is 0 Å². The molecule has 3 fully saturated rings. The van der Waals surface area contributed by atoms with Gasteiger partial charge in [0.2, 0.25) is 5.91 Å². The molecule has 2 bridgehead atoms. The molecule has 2 amide bonds. The number of carbonyl (C=O) groups excluding carboxylic acids is 2. The predicted octanol–water partition coefficient (Wildman–Crippen LogP) is 4.45. The number of halogens is 2. The van der Waals surface area contributed by atoms with E-state index in [2.05, 4.69) is 15.5 Å². The highest BCUT2D eigenvalue weighted by Crippen LogP contribution is 2.47. The number of anilines is 1. The van der Waals surface area contributed by atoms with Gasteiger partial charge in [-0.3, -0.25) is 9.69 Å². The lowest BCUT2D eigenvalue weighted by molar-refractivity contribution is -0.122. The fourth-order valence-corrected chi connectivity index (χ4v) is 6.00. The van der Waals surface area contributed by atoms with Crippen molar-refractivity contribution in [3.8, 4) is 17.0 Å². The molecule has 4 atom stereocenters. The Bertz CT molecular complexity index is 1250. The smallest absolute Gasteiger partial charge is 0.411 e. The van der Waals surface area contributed by atoms with Crippen LogP contribution in [0.4, 0.5) is 19.4 Å². The maximum atomic E-state index is 14.9. The molecule has 5 rings (SSSR count). The molecule has 0 aliphatic carbocycles. The minimum absolute atomic E-state index is 0.00707. The maximum Gasteiger partial charge on any atom is 0.411 e. The first-order valence-corrected chi connectivity index (χ1v) is 13.4. The standard InChI is InChI=1S/C28H35F2N5O4/c1-27(2,3)39-26(38)35-19-13-18(14-23(35)28(29,30)15-19)34(4)24-8-7-21(32-33-24)20-6-5-16(11-22(20)36)17-9-10-31-25(37)12-17/h5-8,11,17-19,23,36H,9-10,12-15H2,1-4H3,(H,31,37)/t17-,18-,19+,23-/m1/s1. The van der Waals surface area contributed by atoms with Crippen molar-refractivity contribution in [3.05, 3.63) is 35.9 Å². The van der Waals surface area contributed by atoms with E-state index in [0.717, 1.165) is 12.0 Å². The average molecular weight is 544 g/mol. The van der Waals surface area contributed by atoms with E-state index in [9.17, 15) is 23.5 Å². The zero-order valence-electron chi connectivity index (χ0n) is 22.7. The fourth-order valence-electron chi connectivity index (χ4n) is 6.00. The molecular weight excluding hydrogens is 508 g/mol. The van der Waals surface area contributed by atoms with Gasteiger partial charge in [-0.1, -0.05) is 6.07 Å². The van der Waals surface area contributed by atoms with Crippen molar-refractivity contribution in [1.29, 1.82) is 0 Å². The van der Waals surface area contributed by atoms with Crippen molar-refractivity contribution < 1.29 is 28.2 Å². The van der Waals surface area contributed by atoms with Gasteiger partial charge in [0.25, 0.3) is 5.92 Å². The molecule has 3 aliphatic heterocycles. The van der Waals surface area contributed by atoms with Gasteiger partial charge >= 0.3 is 6.09 Å². The van der Waals surface area contributed by atoms with Gasteiger partial charge in [0, 0.05) is 44.1 Å². The Kier molecular flexibility index (Phi) is 6.88. The highest BCUT2D eigenvalue weighted by atomic mass is 19.3. The molecule has 1 aromatic carbocycles. The first-order chi connectivity index (χ1) is 18.3. The lowest BCUT2D eigenvalue weighted by Gasteiger charge is -2.42. The molecule has 0 radical (unpaired) electrons. The Labute approximate surface area is 226 Å². The van der Waals surface area contributed by atoms with Crippen molar-refractivity contribution in [2.24, 2.45) is 0 Å². The molecule has 11 heteroatoms. The second kappa shape index (κ2) is 9.91. The molecule has 4 heterocycles. The monoisotopic (exact) mass is 543 g/mol. The van der Waals surface area contributed by atoms with Gasteiger partial charge in [0.05, 0.1) is 5.69 Å². The molecule has 0 spiro atoms. The van der Waals surface area contributed by atoms with Crippen LogP contribution in [-0.4, -0.2) is 75.4 Å². The zero-order chi connectivity index (χ0) is 28.1. The summed E-state index contributed by atoms with van der Waals surface area (Å²) in [6.45, 7) is 5.78. The largest absolute Gasteiger partial charge is 0.507 e. The van der Waals surface area contributed by atoms with Crippen molar-refractivity contribution in [3.63, 3.8) is 0 Å². The van der Waals surface area contributed by atoms with Crippen molar-refractivity contribution in [2.45, 2.75) is 88.4 Å². The quantitative estimate of drug-likeness (QED) is 0.587. The normalized spacial score (nSPS) is 26.2. The van der Waals surface area contributed by atoms with Crippen LogP contribution >= 0.6 is 0 Å². The Morgan fingerprint density at radius 1 is 1.21 bits per heavy atom. The van der Waals surface area contributed by atoms with E-state index >= 15 is 0 Å². The van der Waals surface area contributed by atoms with Crippen molar-refractivity contribution in [2.75, 3.05) is 18.5 Å². The summed E-state index contributed by atoms with van der Waals surface area (Å²) in [5, 5.41) is 22.1. The number of phenols is 1. The highest BCUT2D eigenvalue weighted by Gasteiger charge is 2.60. The van der Waals surface area contributed by atoms with Crippen molar-refractivity contribution >= 4 is 17.8 Å². The fraction of sp³-hybridized carbons (Fsp3) is 0.571. The number of amides is 2. The van der Waals surface area contributed by atoms with Gasteiger partial charge in [0.15, 0.2) is 5.82 Å². The summed E-state index contributed by atoms with van der Waals surface area (Å²) in [6.07, 6.45) is 0.584. The Morgan fingerprint density at radius 3 is 2.59 bits per heavy atom. The minimum atomic E-state index is -2.99. The summed E-state index contributed by atoms with van der Waals surface area (Å²) in [6, 6.07) is 6.71. The second-order valence-corrected chi connectivity index (χ2v) is 11.9. The van der Waals surface area contributed by atoms with Crippen LogP contribution in [0.25, 0.3) is 11.3 Å². The predicted molar refractivity (Wildman–Crippen MR) is 141 cm³/mol. The third-order valence-electron chi connectivity index (χ3n) is 7.94. The summed E-state index contributed by atoms with van der Waals surface area (Å²) in [4.78, 5) is 27.5. The number of aromatic hydroxyl groups is 1. The first-order valence-electron chi connectivity index (χ1n) is 13.4. The minimum Gasteiger partial charge on any atom is -0.507 e. The first kappa shape index (κ1) is 27.1. The topological polar surface area (TPSA) is 108 Å². The molecule has 2 aromatic rings. The molecule has 3 saturated heterocycles. The number of rotatable bonds is 4. The second-order valence-electron chi connectivity index (χ2n) is 11.9. The molecule has 0 unspecified atom stereocenters. The van der Waals surface area contributed by atoms with Crippen molar-refractivity contribution in [1.82, 2.24) is 20.4 Å². The lowest BCUT2D eigenvalue weighted by atomic mass is 9.89. The van der Waals surface area contributed by atoms with E-state index in [1.807, 2.05) is 11.0 Å². The van der Waals surface area contributed by atoms with E-state index in [1.54, 1.807) is 52.1 Å². The number of nitrogens with zero attached hydrogens (tertiary/aromatic N) is 4. The summed E-state index contributed by atoms with van der Waals surface area (Å²) in [7, 11) is 1.79. The number of piperidine rings is 2. The van der Waals surface area contributed by atoms with Crippen LogP contribution in [0.15, 0.2) is 30.3 Å². The lowest BCUT2D eigenvalue weighted by Crippen LogP contribution is -2.55. The third-order valence-corrected chi connectivity index (χ3v) is 7.94. The van der Waals surface area contributed by atoms with E-state index in [4.69, 9.17) is 4.74 Å². The average Bonchev–Trinajstić information content (AvgIpc) is 3.03. The Balaban J connectivity index is 1.29. The molecule has 2 N–H and O–H groups in total. The van der Waals surface area contributed by atoms with E-state index < -0.39 is 29.7 Å². The number of carbonyl (C=O) groups is 2. The van der Waals surface area contributed by atoms with Crippen LogP contribution in [0, 0.1) is 0 Å². The number of hydrogen-bond donors (Lipinski definition) is 2. The van der Waals surface area contributed by atoms with Crippen LogP contribution < -0.4 is 10.2 Å². The summed E-state index contributed by atoms with van der Waals surface area (Å²) in [5.41, 5.74) is 1.13. The van der Waals surface area contributed by atoms with Gasteiger partial charge in [0.1, 0.15) is 17.4 Å². The number of hydrogen-bond acceptors (Lipinski definition) is 7. The number of ether oxygens (including phenoxy) is 1. The van der Waals surface area contributed by atoms with Gasteiger partial charge < -0.3 is 20.1 Å². The van der Waals surface area contributed by atoms with Gasteiger partial charge in [-0.25, -0.2) is 13.6 Å². The van der Waals surface area contributed by atoms with Crippen LogP contribution in [-0.2, 0) is 9.53 Å². The van der Waals surface area contributed by atoms with E-state index in [-0.39, 0.29) is 36.5 Å². The molecule has 0 saturated carbocycles. The number of benzene rings is 1. The number of phenolic OH excluding ortho intramolecular Hbond substituents is 1. The Morgan fingerprint density at radius 2 is 1.97 bits per heavy atom. The Hall–Kier alpha value is -3.50.